The van der Waals surface area contributed by atoms with Gasteiger partial charge in [-0.3, -0.25) is 14.7 Å². The van der Waals surface area contributed by atoms with E-state index in [4.69, 9.17) is 0 Å². The van der Waals surface area contributed by atoms with Crippen LogP contribution in [0.1, 0.15) is 29.4 Å². The van der Waals surface area contributed by atoms with Crippen LogP contribution in [-0.2, 0) is 0 Å². The van der Waals surface area contributed by atoms with E-state index in [1.807, 2.05) is 12.2 Å². The SMILES string of the molecule is O=[N+]([O-])c1cc(-n2c(O)c3c(c2O)[C@H]2C=C[C@@H]3C2)ccc1F. The Morgan fingerprint density at radius 3 is 2.32 bits per heavy atom. The third-order valence-electron chi connectivity index (χ3n) is 4.41. The van der Waals surface area contributed by atoms with Gasteiger partial charge in [0.25, 0.3) is 0 Å². The van der Waals surface area contributed by atoms with Crippen LogP contribution in [0.15, 0.2) is 30.4 Å². The molecule has 2 N–H and O–H groups in total. The number of fused-ring (bicyclic) bond motifs is 5. The molecule has 22 heavy (non-hydrogen) atoms. The lowest BCUT2D eigenvalue weighted by molar-refractivity contribution is -0.387. The van der Waals surface area contributed by atoms with Crippen LogP contribution in [0.5, 0.6) is 11.8 Å². The summed E-state index contributed by atoms with van der Waals surface area (Å²) in [4.78, 5) is 10.0. The molecule has 2 aliphatic carbocycles. The summed E-state index contributed by atoms with van der Waals surface area (Å²) in [6, 6.07) is 3.23. The molecule has 0 aliphatic heterocycles. The molecule has 6 nitrogen and oxygen atoms in total. The lowest BCUT2D eigenvalue weighted by Crippen LogP contribution is -1.99. The maximum atomic E-state index is 13.4. The Hall–Kier alpha value is -2.83. The first-order valence-corrected chi connectivity index (χ1v) is 6.78. The Morgan fingerprint density at radius 1 is 1.18 bits per heavy atom. The van der Waals surface area contributed by atoms with Gasteiger partial charge in [-0.2, -0.15) is 4.39 Å². The molecule has 0 amide bonds. The predicted molar refractivity (Wildman–Crippen MR) is 75.0 cm³/mol. The molecule has 0 spiro atoms. The summed E-state index contributed by atoms with van der Waals surface area (Å²) in [5, 5.41) is 31.7. The van der Waals surface area contributed by atoms with Crippen molar-refractivity contribution in [2.75, 3.05) is 0 Å². The third kappa shape index (κ3) is 1.47. The van der Waals surface area contributed by atoms with Gasteiger partial charge in [-0.25, -0.2) is 0 Å². The average Bonchev–Trinajstić information content (AvgIpc) is 3.14. The number of nitro groups is 1. The van der Waals surface area contributed by atoms with Crippen molar-refractivity contribution < 1.29 is 19.5 Å². The third-order valence-corrected chi connectivity index (χ3v) is 4.41. The molecule has 0 saturated heterocycles. The largest absolute Gasteiger partial charge is 0.494 e. The molecule has 4 rings (SSSR count). The van der Waals surface area contributed by atoms with Crippen molar-refractivity contribution in [1.29, 1.82) is 0 Å². The molecule has 2 aromatic rings. The van der Waals surface area contributed by atoms with Crippen molar-refractivity contribution >= 4 is 5.69 Å². The normalized spacial score (nSPS) is 21.3. The summed E-state index contributed by atoms with van der Waals surface area (Å²) in [5.74, 6) is -1.17. The van der Waals surface area contributed by atoms with Crippen LogP contribution in [0.3, 0.4) is 0 Å². The highest BCUT2D eigenvalue weighted by Crippen LogP contribution is 2.57. The van der Waals surface area contributed by atoms with Gasteiger partial charge in [0.05, 0.1) is 10.6 Å². The molecule has 1 aromatic heterocycles. The van der Waals surface area contributed by atoms with E-state index >= 15 is 0 Å². The maximum absolute atomic E-state index is 13.4. The highest BCUT2D eigenvalue weighted by atomic mass is 19.1. The zero-order chi connectivity index (χ0) is 15.6. The van der Waals surface area contributed by atoms with E-state index in [0.29, 0.717) is 11.1 Å². The van der Waals surface area contributed by atoms with Crippen molar-refractivity contribution in [1.82, 2.24) is 4.57 Å². The minimum Gasteiger partial charge on any atom is -0.494 e. The first kappa shape index (κ1) is 12.9. The highest BCUT2D eigenvalue weighted by molar-refractivity contribution is 5.62. The zero-order valence-electron chi connectivity index (χ0n) is 11.2. The average molecular weight is 302 g/mol. The Kier molecular flexibility index (Phi) is 2.40. The molecule has 1 heterocycles. The van der Waals surface area contributed by atoms with Crippen LogP contribution >= 0.6 is 0 Å². The van der Waals surface area contributed by atoms with Gasteiger partial charge in [0.2, 0.25) is 17.6 Å². The number of nitro benzene ring substituents is 1. The van der Waals surface area contributed by atoms with Crippen molar-refractivity contribution in [2.24, 2.45) is 0 Å². The fourth-order valence-corrected chi connectivity index (χ4v) is 3.46. The van der Waals surface area contributed by atoms with E-state index in [2.05, 4.69) is 0 Å². The first-order valence-electron chi connectivity index (χ1n) is 6.78. The zero-order valence-corrected chi connectivity index (χ0v) is 11.2. The van der Waals surface area contributed by atoms with E-state index < -0.39 is 16.4 Å². The summed E-state index contributed by atoms with van der Waals surface area (Å²) in [5.41, 5.74) is 0.747. The standard InChI is InChI=1S/C15H11FN2O4/c16-10-4-3-9(6-11(10)18(21)22)17-14(19)12-7-1-2-8(5-7)13(12)15(17)20/h1-4,6-8,19-20H,5H2/t7-,8+. The highest BCUT2D eigenvalue weighted by Gasteiger charge is 2.41. The van der Waals surface area contributed by atoms with Gasteiger partial charge in [-0.15, -0.1) is 0 Å². The Bertz CT molecular complexity index is 820. The van der Waals surface area contributed by atoms with E-state index in [-0.39, 0.29) is 29.3 Å². The van der Waals surface area contributed by atoms with Gasteiger partial charge in [0.1, 0.15) is 0 Å². The van der Waals surface area contributed by atoms with Crippen molar-refractivity contribution in [3.05, 3.63) is 57.4 Å². The molecule has 0 radical (unpaired) electrons. The van der Waals surface area contributed by atoms with Gasteiger partial charge < -0.3 is 10.2 Å². The van der Waals surface area contributed by atoms with Crippen LogP contribution in [0.4, 0.5) is 10.1 Å². The Labute approximate surface area is 123 Å². The molecule has 112 valence electrons. The molecule has 1 aromatic carbocycles. The van der Waals surface area contributed by atoms with Gasteiger partial charge in [0, 0.05) is 29.0 Å². The predicted octanol–water partition coefficient (Wildman–Crippen LogP) is 3.08. The number of hydrogen-bond donors (Lipinski definition) is 2. The lowest BCUT2D eigenvalue weighted by Gasteiger charge is -2.09. The monoisotopic (exact) mass is 302 g/mol. The van der Waals surface area contributed by atoms with Crippen LogP contribution < -0.4 is 0 Å². The second-order valence-electron chi connectivity index (χ2n) is 5.54. The lowest BCUT2D eigenvalue weighted by atomic mass is 10.0. The van der Waals surface area contributed by atoms with E-state index in [1.165, 1.54) is 6.07 Å². The molecule has 0 fully saturated rings. The van der Waals surface area contributed by atoms with Crippen molar-refractivity contribution in [3.8, 4) is 17.4 Å². The summed E-state index contributed by atoms with van der Waals surface area (Å²) in [6.45, 7) is 0. The van der Waals surface area contributed by atoms with Crippen LogP contribution in [-0.4, -0.2) is 19.7 Å². The molecular weight excluding hydrogens is 291 g/mol. The van der Waals surface area contributed by atoms with Gasteiger partial charge >= 0.3 is 5.69 Å². The number of hydrogen-bond acceptors (Lipinski definition) is 4. The number of allylic oxidation sites excluding steroid dienone is 2. The van der Waals surface area contributed by atoms with E-state index in [9.17, 15) is 24.7 Å². The number of aromatic hydroxyl groups is 2. The van der Waals surface area contributed by atoms with Crippen LogP contribution in [0, 0.1) is 15.9 Å². The van der Waals surface area contributed by atoms with Crippen LogP contribution in [0.2, 0.25) is 0 Å². The van der Waals surface area contributed by atoms with Gasteiger partial charge in [-0.1, -0.05) is 12.2 Å². The quantitative estimate of drug-likeness (QED) is 0.507. The molecule has 7 heteroatoms. The minimum atomic E-state index is -0.964. The van der Waals surface area contributed by atoms with Crippen molar-refractivity contribution in [2.45, 2.75) is 18.3 Å². The molecular formula is C15H11FN2O4. The van der Waals surface area contributed by atoms with Crippen molar-refractivity contribution in [3.63, 3.8) is 0 Å². The van der Waals surface area contributed by atoms with E-state index in [0.717, 1.165) is 23.1 Å². The summed E-state index contributed by atoms with van der Waals surface area (Å²) >= 11 is 0. The number of aromatic nitrogens is 1. The number of halogens is 1. The maximum Gasteiger partial charge on any atom is 0.306 e. The number of benzene rings is 1. The summed E-state index contributed by atoms with van der Waals surface area (Å²) < 4.78 is 14.6. The van der Waals surface area contributed by atoms with Gasteiger partial charge in [0.15, 0.2) is 0 Å². The molecule has 2 aliphatic rings. The molecule has 0 saturated carbocycles. The summed E-state index contributed by atoms with van der Waals surface area (Å²) in [6.07, 6.45) is 4.77. The fraction of sp³-hybridized carbons (Fsp3) is 0.200. The Balaban J connectivity index is 1.93. The minimum absolute atomic E-state index is 0.0441. The van der Waals surface area contributed by atoms with Gasteiger partial charge in [-0.05, 0) is 18.6 Å². The fourth-order valence-electron chi connectivity index (χ4n) is 3.46. The van der Waals surface area contributed by atoms with E-state index in [1.54, 1.807) is 0 Å². The Morgan fingerprint density at radius 2 is 1.77 bits per heavy atom. The second kappa shape index (κ2) is 4.09. The van der Waals surface area contributed by atoms with Crippen LogP contribution in [0.25, 0.3) is 5.69 Å². The smallest absolute Gasteiger partial charge is 0.306 e. The number of nitrogens with zero attached hydrogens (tertiary/aromatic N) is 2. The topological polar surface area (TPSA) is 88.5 Å². The summed E-state index contributed by atoms with van der Waals surface area (Å²) in [7, 11) is 0. The second-order valence-corrected chi connectivity index (χ2v) is 5.54. The number of rotatable bonds is 2. The molecule has 2 bridgehead atoms. The first-order chi connectivity index (χ1) is 10.5. The molecule has 2 atom stereocenters. The molecule has 0 unspecified atom stereocenters.